The minimum atomic E-state index is -0.636. The summed E-state index contributed by atoms with van der Waals surface area (Å²) in [6.07, 6.45) is 3.42. The van der Waals surface area contributed by atoms with E-state index in [0.717, 1.165) is 12.8 Å². The molecule has 0 unspecified atom stereocenters. The predicted octanol–water partition coefficient (Wildman–Crippen LogP) is 1.20. The summed E-state index contributed by atoms with van der Waals surface area (Å²) in [5.74, 6) is 0.193. The Balaban J connectivity index is 2.32. The topological polar surface area (TPSA) is 80.8 Å². The van der Waals surface area contributed by atoms with Crippen LogP contribution in [0.1, 0.15) is 12.8 Å². The van der Waals surface area contributed by atoms with Gasteiger partial charge in [0, 0.05) is 19.3 Å². The molecule has 1 aliphatic heterocycles. The average Bonchev–Trinajstić information content (AvgIpc) is 2.92. The van der Waals surface area contributed by atoms with Crippen LogP contribution in [0.4, 0.5) is 11.5 Å². The van der Waals surface area contributed by atoms with E-state index in [1.165, 1.54) is 10.6 Å². The molecule has 0 aromatic carbocycles. The third kappa shape index (κ3) is 1.83. The average molecular weight is 260 g/mol. The van der Waals surface area contributed by atoms with Gasteiger partial charge in [-0.25, -0.2) is 4.98 Å². The Morgan fingerprint density at radius 3 is 2.68 bits per heavy atom. The molecule has 1 aliphatic rings. The van der Waals surface area contributed by atoms with E-state index >= 15 is 0 Å². The molecule has 98 valence electrons. The maximum absolute atomic E-state index is 12.2. The summed E-state index contributed by atoms with van der Waals surface area (Å²) in [6.45, 7) is 1.41. The fraction of sp³-hybridized carbons (Fsp3) is 0.333. The molecule has 2 aromatic heterocycles. The number of fused-ring (bicyclic) bond motifs is 1. The Labute approximate surface area is 108 Å². The first-order valence-corrected chi connectivity index (χ1v) is 6.09. The SMILES string of the molecule is O=c1c([N+](=O)[O-])c(N2CCCC2)nc2ccccn12. The fourth-order valence-electron chi connectivity index (χ4n) is 2.38. The standard InChI is InChI=1S/C12H12N4O3/c17-12-10(16(18)19)11(14-6-3-4-7-14)13-9-5-1-2-8-15(9)12/h1-2,5,8H,3-4,6-7H2. The summed E-state index contributed by atoms with van der Waals surface area (Å²) in [5.41, 5.74) is -0.636. The van der Waals surface area contributed by atoms with Gasteiger partial charge in [0.15, 0.2) is 0 Å². The molecule has 19 heavy (non-hydrogen) atoms. The molecule has 0 saturated carbocycles. The van der Waals surface area contributed by atoms with Crippen LogP contribution < -0.4 is 10.5 Å². The van der Waals surface area contributed by atoms with Crippen LogP contribution in [0.25, 0.3) is 5.65 Å². The third-order valence-electron chi connectivity index (χ3n) is 3.28. The fourth-order valence-corrected chi connectivity index (χ4v) is 2.38. The van der Waals surface area contributed by atoms with Crippen molar-refractivity contribution >= 4 is 17.2 Å². The lowest BCUT2D eigenvalue weighted by Crippen LogP contribution is -2.27. The minimum absolute atomic E-state index is 0.193. The zero-order valence-electron chi connectivity index (χ0n) is 10.2. The van der Waals surface area contributed by atoms with E-state index in [2.05, 4.69) is 4.98 Å². The molecule has 1 saturated heterocycles. The normalized spacial score (nSPS) is 15.1. The molecule has 0 amide bonds. The lowest BCUT2D eigenvalue weighted by atomic mass is 10.4. The number of hydrogen-bond acceptors (Lipinski definition) is 5. The third-order valence-corrected chi connectivity index (χ3v) is 3.28. The zero-order chi connectivity index (χ0) is 13.4. The molecule has 0 radical (unpaired) electrons. The maximum atomic E-state index is 12.2. The largest absolute Gasteiger partial charge is 0.376 e. The Morgan fingerprint density at radius 1 is 1.26 bits per heavy atom. The van der Waals surface area contributed by atoms with Crippen LogP contribution in [0.5, 0.6) is 0 Å². The van der Waals surface area contributed by atoms with Crippen molar-refractivity contribution in [1.29, 1.82) is 0 Å². The van der Waals surface area contributed by atoms with Crippen molar-refractivity contribution in [1.82, 2.24) is 9.38 Å². The summed E-state index contributed by atoms with van der Waals surface area (Å²) in [5, 5.41) is 11.2. The lowest BCUT2D eigenvalue weighted by molar-refractivity contribution is -0.385. The first-order chi connectivity index (χ1) is 9.18. The molecule has 1 fully saturated rings. The van der Waals surface area contributed by atoms with Crippen molar-refractivity contribution in [2.24, 2.45) is 0 Å². The van der Waals surface area contributed by atoms with Crippen molar-refractivity contribution in [3.8, 4) is 0 Å². The van der Waals surface area contributed by atoms with Gasteiger partial charge in [-0.2, -0.15) is 0 Å². The van der Waals surface area contributed by atoms with Crippen LogP contribution in [0.2, 0.25) is 0 Å². The number of aromatic nitrogens is 2. The van der Waals surface area contributed by atoms with E-state index in [1.807, 2.05) is 4.90 Å². The maximum Gasteiger partial charge on any atom is 0.376 e. The minimum Gasteiger partial charge on any atom is -0.351 e. The quantitative estimate of drug-likeness (QED) is 0.598. The molecular formula is C12H12N4O3. The van der Waals surface area contributed by atoms with Gasteiger partial charge >= 0.3 is 11.2 Å². The Kier molecular flexibility index (Phi) is 2.66. The molecule has 7 nitrogen and oxygen atoms in total. The van der Waals surface area contributed by atoms with Crippen molar-refractivity contribution in [3.63, 3.8) is 0 Å². The van der Waals surface area contributed by atoms with E-state index in [1.54, 1.807) is 18.2 Å². The second-order valence-electron chi connectivity index (χ2n) is 4.47. The van der Waals surface area contributed by atoms with Crippen molar-refractivity contribution in [3.05, 3.63) is 44.9 Å². The van der Waals surface area contributed by atoms with E-state index in [-0.39, 0.29) is 5.82 Å². The van der Waals surface area contributed by atoms with Crippen LogP contribution in [-0.4, -0.2) is 27.4 Å². The van der Waals surface area contributed by atoms with Crippen molar-refractivity contribution in [2.75, 3.05) is 18.0 Å². The van der Waals surface area contributed by atoms with Crippen LogP contribution in [-0.2, 0) is 0 Å². The monoisotopic (exact) mass is 260 g/mol. The summed E-state index contributed by atoms with van der Waals surface area (Å²) >= 11 is 0. The summed E-state index contributed by atoms with van der Waals surface area (Å²) in [7, 11) is 0. The Hall–Kier alpha value is -2.44. The Bertz CT molecular complexity index is 704. The smallest absolute Gasteiger partial charge is 0.351 e. The first kappa shape index (κ1) is 11.6. The molecule has 0 atom stereocenters. The van der Waals surface area contributed by atoms with E-state index < -0.39 is 16.2 Å². The summed E-state index contributed by atoms with van der Waals surface area (Å²) < 4.78 is 1.21. The second-order valence-corrected chi connectivity index (χ2v) is 4.47. The molecule has 0 spiro atoms. The van der Waals surface area contributed by atoms with Gasteiger partial charge in [0.1, 0.15) is 5.65 Å². The van der Waals surface area contributed by atoms with Crippen LogP contribution in [0.3, 0.4) is 0 Å². The first-order valence-electron chi connectivity index (χ1n) is 6.09. The van der Waals surface area contributed by atoms with Crippen molar-refractivity contribution < 1.29 is 4.92 Å². The highest BCUT2D eigenvalue weighted by Gasteiger charge is 2.28. The van der Waals surface area contributed by atoms with Gasteiger partial charge in [0.25, 0.3) is 0 Å². The molecular weight excluding hydrogens is 248 g/mol. The molecule has 0 aliphatic carbocycles. The molecule has 0 N–H and O–H groups in total. The molecule has 3 rings (SSSR count). The highest BCUT2D eigenvalue weighted by Crippen LogP contribution is 2.25. The number of anilines is 1. The zero-order valence-corrected chi connectivity index (χ0v) is 10.2. The van der Waals surface area contributed by atoms with Gasteiger partial charge in [-0.1, -0.05) is 6.07 Å². The highest BCUT2D eigenvalue weighted by atomic mass is 16.6. The molecule has 3 heterocycles. The molecule has 0 bridgehead atoms. The van der Waals surface area contributed by atoms with Crippen LogP contribution >= 0.6 is 0 Å². The lowest BCUT2D eigenvalue weighted by Gasteiger charge is -2.16. The highest BCUT2D eigenvalue weighted by molar-refractivity contribution is 5.61. The number of nitro groups is 1. The van der Waals surface area contributed by atoms with E-state index in [4.69, 9.17) is 0 Å². The number of rotatable bonds is 2. The number of hydrogen-bond donors (Lipinski definition) is 0. The van der Waals surface area contributed by atoms with Gasteiger partial charge in [-0.3, -0.25) is 19.3 Å². The summed E-state index contributed by atoms with van der Waals surface area (Å²) in [4.78, 5) is 28.8. The van der Waals surface area contributed by atoms with Gasteiger partial charge in [-0.15, -0.1) is 0 Å². The Morgan fingerprint density at radius 2 is 2.00 bits per heavy atom. The van der Waals surface area contributed by atoms with Gasteiger partial charge < -0.3 is 4.90 Å². The van der Waals surface area contributed by atoms with Crippen LogP contribution in [0, 0.1) is 10.1 Å². The number of nitrogens with zero attached hydrogens (tertiary/aromatic N) is 4. The van der Waals surface area contributed by atoms with Crippen LogP contribution in [0.15, 0.2) is 29.2 Å². The van der Waals surface area contributed by atoms with Gasteiger partial charge in [-0.05, 0) is 25.0 Å². The van der Waals surface area contributed by atoms with Gasteiger partial charge in [0.05, 0.1) is 4.92 Å². The second kappa shape index (κ2) is 4.34. The predicted molar refractivity (Wildman–Crippen MR) is 69.6 cm³/mol. The van der Waals surface area contributed by atoms with E-state index in [0.29, 0.717) is 18.7 Å². The van der Waals surface area contributed by atoms with E-state index in [9.17, 15) is 14.9 Å². The van der Waals surface area contributed by atoms with Gasteiger partial charge in [0.2, 0.25) is 5.82 Å². The molecule has 7 heteroatoms. The molecule has 2 aromatic rings. The van der Waals surface area contributed by atoms with Crippen molar-refractivity contribution in [2.45, 2.75) is 12.8 Å². The summed E-state index contributed by atoms with van der Waals surface area (Å²) in [6, 6.07) is 5.07. The number of pyridine rings is 1.